The summed E-state index contributed by atoms with van der Waals surface area (Å²) in [6, 6.07) is 19.1. The second-order valence-electron chi connectivity index (χ2n) is 5.74. The van der Waals surface area contributed by atoms with Gasteiger partial charge in [-0.15, -0.1) is 5.10 Å². The van der Waals surface area contributed by atoms with E-state index < -0.39 is 5.97 Å². The van der Waals surface area contributed by atoms with Gasteiger partial charge in [0.1, 0.15) is 0 Å². The van der Waals surface area contributed by atoms with E-state index in [1.807, 2.05) is 24.3 Å². The number of benzene rings is 3. The van der Waals surface area contributed by atoms with Gasteiger partial charge < -0.3 is 9.84 Å². The molecule has 134 valence electrons. The van der Waals surface area contributed by atoms with Gasteiger partial charge in [-0.25, -0.2) is 9.48 Å². The van der Waals surface area contributed by atoms with Gasteiger partial charge >= 0.3 is 5.97 Å². The number of carboxylic acids is 1. The van der Waals surface area contributed by atoms with E-state index >= 15 is 0 Å². The van der Waals surface area contributed by atoms with E-state index in [0.717, 1.165) is 10.9 Å². The number of carbonyl (C=O) groups is 1. The number of halogens is 2. The predicted octanol–water partition coefficient (Wildman–Crippen LogP) is 5.82. The number of hydrogen-bond donors (Lipinski definition) is 1. The summed E-state index contributed by atoms with van der Waals surface area (Å²) < 4.78 is 7.61. The highest BCUT2D eigenvalue weighted by Crippen LogP contribution is 2.38. The maximum atomic E-state index is 11.1. The van der Waals surface area contributed by atoms with Crippen LogP contribution in [0.25, 0.3) is 16.6 Å². The van der Waals surface area contributed by atoms with Crippen molar-refractivity contribution in [3.05, 3.63) is 82.3 Å². The molecule has 0 unspecified atom stereocenters. The number of rotatable bonds is 4. The molecule has 0 bridgehead atoms. The topological polar surface area (TPSA) is 64.3 Å². The van der Waals surface area contributed by atoms with Crippen LogP contribution in [0.15, 0.2) is 66.7 Å². The first-order valence-electron chi connectivity index (χ1n) is 7.98. The Bertz CT molecular complexity index is 1130. The monoisotopic (exact) mass is 398 g/mol. The van der Waals surface area contributed by atoms with Gasteiger partial charge in [0.2, 0.25) is 5.88 Å². The number of hydrogen-bond acceptors (Lipinski definition) is 3. The minimum Gasteiger partial charge on any atom is -0.478 e. The van der Waals surface area contributed by atoms with Gasteiger partial charge in [0, 0.05) is 0 Å². The molecule has 1 heterocycles. The summed E-state index contributed by atoms with van der Waals surface area (Å²) in [6.07, 6.45) is 0. The van der Waals surface area contributed by atoms with Gasteiger partial charge in [-0.1, -0.05) is 41.4 Å². The molecule has 0 spiro atoms. The molecule has 0 radical (unpaired) electrons. The second-order valence-corrected chi connectivity index (χ2v) is 6.55. The molecule has 0 aliphatic carbocycles. The second kappa shape index (κ2) is 6.95. The van der Waals surface area contributed by atoms with Crippen molar-refractivity contribution in [1.82, 2.24) is 9.78 Å². The zero-order valence-corrected chi connectivity index (χ0v) is 15.3. The van der Waals surface area contributed by atoms with Gasteiger partial charge in [0.05, 0.1) is 32.2 Å². The Hall–Kier alpha value is -3.02. The summed E-state index contributed by atoms with van der Waals surface area (Å²) in [4.78, 5) is 11.1. The Morgan fingerprint density at radius 3 is 2.26 bits per heavy atom. The number of aromatic carboxylic acids is 1. The first kappa shape index (κ1) is 17.4. The van der Waals surface area contributed by atoms with Crippen molar-refractivity contribution in [2.24, 2.45) is 0 Å². The lowest BCUT2D eigenvalue weighted by molar-refractivity contribution is 0.0697. The molecule has 27 heavy (non-hydrogen) atoms. The Balaban J connectivity index is 1.83. The van der Waals surface area contributed by atoms with Crippen LogP contribution in [0.2, 0.25) is 10.0 Å². The standard InChI is InChI=1S/C20H12Cl2N2O3/c21-15-5-3-6-16(22)18(15)27-19-14-4-1-2-7-17(14)24(23-19)13-10-8-12(9-11-13)20(25)26/h1-11H,(H,25,26). The fourth-order valence-electron chi connectivity index (χ4n) is 2.73. The Kier molecular flexibility index (Phi) is 4.48. The molecule has 7 heteroatoms. The van der Waals surface area contributed by atoms with Crippen molar-refractivity contribution in [3.63, 3.8) is 0 Å². The van der Waals surface area contributed by atoms with E-state index in [4.69, 9.17) is 33.0 Å². The quantitative estimate of drug-likeness (QED) is 0.470. The summed E-state index contributed by atoms with van der Waals surface area (Å²) in [5, 5.41) is 15.1. The van der Waals surface area contributed by atoms with Gasteiger partial charge in [-0.3, -0.25) is 0 Å². The van der Waals surface area contributed by atoms with Crippen LogP contribution in [0.3, 0.4) is 0 Å². The van der Waals surface area contributed by atoms with E-state index in [1.165, 1.54) is 12.1 Å². The van der Waals surface area contributed by atoms with Gasteiger partial charge in [-0.2, -0.15) is 0 Å². The smallest absolute Gasteiger partial charge is 0.335 e. The lowest BCUT2D eigenvalue weighted by Crippen LogP contribution is -1.99. The summed E-state index contributed by atoms with van der Waals surface area (Å²) in [5.74, 6) is -0.301. The van der Waals surface area contributed by atoms with Crippen LogP contribution < -0.4 is 4.74 Å². The Labute approximate surface area is 164 Å². The van der Waals surface area contributed by atoms with Crippen molar-refractivity contribution >= 4 is 40.1 Å². The van der Waals surface area contributed by atoms with E-state index in [2.05, 4.69) is 5.10 Å². The van der Waals surface area contributed by atoms with Crippen LogP contribution in [0, 0.1) is 0 Å². The zero-order valence-electron chi connectivity index (χ0n) is 13.8. The molecule has 0 aliphatic rings. The highest BCUT2D eigenvalue weighted by molar-refractivity contribution is 6.37. The maximum Gasteiger partial charge on any atom is 0.335 e. The first-order valence-corrected chi connectivity index (χ1v) is 8.73. The molecular weight excluding hydrogens is 387 g/mol. The number of fused-ring (bicyclic) bond motifs is 1. The van der Waals surface area contributed by atoms with Gasteiger partial charge in [0.15, 0.2) is 5.75 Å². The van der Waals surface area contributed by atoms with Gasteiger partial charge in [-0.05, 0) is 48.5 Å². The molecule has 0 atom stereocenters. The molecular formula is C20H12Cl2N2O3. The van der Waals surface area contributed by atoms with Gasteiger partial charge in [0.25, 0.3) is 0 Å². The first-order chi connectivity index (χ1) is 13.0. The molecule has 4 rings (SSSR count). The van der Waals surface area contributed by atoms with Crippen LogP contribution in [-0.4, -0.2) is 20.9 Å². The average molecular weight is 399 g/mol. The molecule has 0 fully saturated rings. The van der Waals surface area contributed by atoms with Crippen LogP contribution in [-0.2, 0) is 0 Å². The third-order valence-corrected chi connectivity index (χ3v) is 4.63. The van der Waals surface area contributed by atoms with Crippen molar-refractivity contribution in [2.45, 2.75) is 0 Å². The normalized spacial score (nSPS) is 10.9. The third-order valence-electron chi connectivity index (χ3n) is 4.03. The van der Waals surface area contributed by atoms with Crippen molar-refractivity contribution in [3.8, 4) is 17.3 Å². The minimum atomic E-state index is -0.982. The van der Waals surface area contributed by atoms with Crippen LogP contribution in [0.5, 0.6) is 11.6 Å². The fourth-order valence-corrected chi connectivity index (χ4v) is 3.21. The summed E-state index contributed by atoms with van der Waals surface area (Å²) >= 11 is 12.4. The number of para-hydroxylation sites is 2. The largest absolute Gasteiger partial charge is 0.478 e. The molecule has 0 amide bonds. The number of ether oxygens (including phenoxy) is 1. The molecule has 5 nitrogen and oxygen atoms in total. The molecule has 0 saturated heterocycles. The summed E-state index contributed by atoms with van der Waals surface area (Å²) in [6.45, 7) is 0. The maximum absolute atomic E-state index is 11.1. The van der Waals surface area contributed by atoms with Crippen LogP contribution in [0.1, 0.15) is 10.4 Å². The Morgan fingerprint density at radius 1 is 0.926 bits per heavy atom. The van der Waals surface area contributed by atoms with E-state index in [9.17, 15) is 4.79 Å². The lowest BCUT2D eigenvalue weighted by Gasteiger charge is -2.07. The van der Waals surface area contributed by atoms with Crippen LogP contribution >= 0.6 is 23.2 Å². The van der Waals surface area contributed by atoms with Crippen molar-refractivity contribution in [2.75, 3.05) is 0 Å². The number of nitrogens with zero attached hydrogens (tertiary/aromatic N) is 2. The van der Waals surface area contributed by atoms with E-state index in [0.29, 0.717) is 27.4 Å². The van der Waals surface area contributed by atoms with Crippen molar-refractivity contribution in [1.29, 1.82) is 0 Å². The number of carboxylic acid groups (broad SMARTS) is 1. The lowest BCUT2D eigenvalue weighted by atomic mass is 10.2. The Morgan fingerprint density at radius 2 is 1.59 bits per heavy atom. The molecule has 0 saturated carbocycles. The average Bonchev–Trinajstić information content (AvgIpc) is 3.04. The summed E-state index contributed by atoms with van der Waals surface area (Å²) in [7, 11) is 0. The minimum absolute atomic E-state index is 0.203. The molecule has 1 aromatic heterocycles. The zero-order chi connectivity index (χ0) is 19.0. The van der Waals surface area contributed by atoms with E-state index in [-0.39, 0.29) is 5.56 Å². The molecule has 1 N–H and O–H groups in total. The molecule has 4 aromatic rings. The third kappa shape index (κ3) is 3.23. The highest BCUT2D eigenvalue weighted by atomic mass is 35.5. The van der Waals surface area contributed by atoms with Crippen molar-refractivity contribution < 1.29 is 14.6 Å². The highest BCUT2D eigenvalue weighted by Gasteiger charge is 2.16. The predicted molar refractivity (Wildman–Crippen MR) is 105 cm³/mol. The summed E-state index contributed by atoms with van der Waals surface area (Å²) in [5.41, 5.74) is 1.71. The SMILES string of the molecule is O=C(O)c1ccc(-n2nc(Oc3c(Cl)cccc3Cl)c3ccccc32)cc1. The van der Waals surface area contributed by atoms with E-state index in [1.54, 1.807) is 35.0 Å². The molecule has 3 aromatic carbocycles. The molecule has 0 aliphatic heterocycles. The number of aromatic nitrogens is 2. The fraction of sp³-hybridized carbons (Fsp3) is 0. The van der Waals surface area contributed by atoms with Crippen LogP contribution in [0.4, 0.5) is 0 Å².